The third kappa shape index (κ3) is 15.7. The van der Waals surface area contributed by atoms with Gasteiger partial charge in [-0.1, -0.05) is 44.0 Å². The third-order valence-corrected chi connectivity index (χ3v) is 28.5. The SMILES string of the molecule is Brc1ccc2[nH]c3c(c2c1)CCCC3N1CCCC1.Brc1cccc2c3c([nH]c12)C(n1cccc1)CCC3.COC(=O)c1ccc2[nH]c3c(c2c1)CCCC3n1cccc1.Cn1c2c(c3cc(Br)ccc31)CCCC2n1cccc1.NC(=O)c1ccc2[nH]c3c(c2c1)CCCC3n1cccc1.O=C(O)c1ccc2[nH]c3c(c2c1)CCCC3n1cccc1. The summed E-state index contributed by atoms with van der Waals surface area (Å²) in [6.07, 6.45) is 45.3. The number of halogens is 3. The molecule has 0 bridgehead atoms. The molecular weight excluding hydrogens is 1710 g/mol. The number of aryl methyl sites for hydroxylation is 7. The van der Waals surface area contributed by atoms with E-state index in [1.54, 1.807) is 23.8 Å². The number of carbonyl (C=O) groups excluding carboxylic acids is 2. The van der Waals surface area contributed by atoms with Crippen LogP contribution < -0.4 is 5.73 Å². The number of aromatic nitrogens is 11. The third-order valence-electron chi connectivity index (χ3n) is 26.8. The molecule has 122 heavy (non-hydrogen) atoms. The quantitative estimate of drug-likeness (QED) is 0.0697. The van der Waals surface area contributed by atoms with Crippen LogP contribution in [0.4, 0.5) is 0 Å². The van der Waals surface area contributed by atoms with Crippen LogP contribution in [0.5, 0.6) is 0 Å². The van der Waals surface area contributed by atoms with Gasteiger partial charge in [-0.3, -0.25) is 9.69 Å². The zero-order valence-corrected chi connectivity index (χ0v) is 73.6. The Morgan fingerprint density at radius 2 is 0.730 bits per heavy atom. The number of primary amides is 1. The van der Waals surface area contributed by atoms with Crippen molar-refractivity contribution in [3.05, 3.63) is 329 Å². The van der Waals surface area contributed by atoms with Crippen molar-refractivity contribution in [1.82, 2.24) is 57.2 Å². The first-order valence-electron chi connectivity index (χ1n) is 43.4. The van der Waals surface area contributed by atoms with E-state index < -0.39 is 5.97 Å². The lowest BCUT2D eigenvalue weighted by molar-refractivity contribution is 0.0599. The number of nitrogens with zero attached hydrogens (tertiary/aromatic N) is 7. The Morgan fingerprint density at radius 1 is 0.377 bits per heavy atom. The molecule has 12 heterocycles. The molecule has 8 N–H and O–H groups in total. The van der Waals surface area contributed by atoms with Crippen LogP contribution in [0, 0.1) is 0 Å². The molecule has 24 rings (SSSR count). The number of rotatable bonds is 9. The van der Waals surface area contributed by atoms with E-state index in [9.17, 15) is 19.5 Å². The van der Waals surface area contributed by atoms with Crippen molar-refractivity contribution in [3.63, 3.8) is 0 Å². The number of carboxylic acids is 1. The summed E-state index contributed by atoms with van der Waals surface area (Å²) in [5.74, 6) is -1.52. The number of ether oxygens (including phenoxy) is 1. The Bertz CT molecular complexity index is 6480. The van der Waals surface area contributed by atoms with Crippen molar-refractivity contribution in [2.24, 2.45) is 12.8 Å². The Morgan fingerprint density at radius 3 is 1.18 bits per heavy atom. The molecule has 0 spiro atoms. The molecule has 622 valence electrons. The monoisotopic (exact) mass is 1810 g/mol. The Hall–Kier alpha value is -11.2. The zero-order chi connectivity index (χ0) is 83.2. The number of aromatic carboxylic acids is 1. The lowest BCUT2D eigenvalue weighted by atomic mass is 9.91. The highest BCUT2D eigenvalue weighted by molar-refractivity contribution is 9.11. The fourth-order valence-electron chi connectivity index (χ4n) is 21.2. The highest BCUT2D eigenvalue weighted by atomic mass is 79.9. The molecule has 6 aliphatic carbocycles. The zero-order valence-electron chi connectivity index (χ0n) is 68.9. The number of benzene rings is 6. The molecule has 11 aromatic heterocycles. The van der Waals surface area contributed by atoms with Gasteiger partial charge in [0.2, 0.25) is 5.91 Å². The van der Waals surface area contributed by atoms with Crippen molar-refractivity contribution < 1.29 is 24.2 Å². The van der Waals surface area contributed by atoms with Crippen LogP contribution >= 0.6 is 47.8 Å². The fourth-order valence-corrected chi connectivity index (χ4v) is 22.4. The Balaban J connectivity index is 0.0000000965. The van der Waals surface area contributed by atoms with E-state index in [1.807, 2.05) is 48.5 Å². The summed E-state index contributed by atoms with van der Waals surface area (Å²) >= 11 is 10.9. The topological polar surface area (TPSA) is 218 Å². The summed E-state index contributed by atoms with van der Waals surface area (Å²) in [6.45, 7) is 2.56. The maximum atomic E-state index is 11.8. The maximum absolute atomic E-state index is 11.8. The smallest absolute Gasteiger partial charge is 0.337 e. The number of nitrogens with two attached hydrogens (primary N) is 1. The highest BCUT2D eigenvalue weighted by Gasteiger charge is 2.34. The first kappa shape index (κ1) is 80.5. The van der Waals surface area contributed by atoms with Gasteiger partial charge >= 0.3 is 11.9 Å². The summed E-state index contributed by atoms with van der Waals surface area (Å²) in [6, 6.07) is 59.8. The first-order valence-corrected chi connectivity index (χ1v) is 45.8. The Kier molecular flexibility index (Phi) is 23.1. The summed E-state index contributed by atoms with van der Waals surface area (Å²) in [4.78, 5) is 55.0. The standard InChI is InChI=1S/C18H18N2O2.C17H17BrN2.C17H17N3O.C17H16N2O2.C16H15BrN2.C16H19BrN2/c1-22-18(21)12-7-8-15-14(11-12)13-5-4-6-16(17(13)19-15)20-9-2-3-10-20;1-19-15-8-7-12(18)11-14(15)13-5-4-6-16(17(13)19)20-9-2-3-10-20;18-17(21)11-6-7-14-13(10-11)12-4-3-5-15(16(12)19-14)20-8-1-2-9-20;20-17(21)11-6-7-14-13(10-11)12-4-3-5-15(16(12)18-14)19-8-1-2-9-19;17-13-7-3-5-11-12-6-4-8-14(16(12)18-15(11)13)19-9-1-2-10-19;17-11-6-7-14-13(10-11)12-4-3-5-15(16(12)18-14)19-8-1-2-9-19/h2-3,7-11,16,19H,4-6H2,1H3;2-3,7-11,16H,4-6H2,1H3;1-2,6-10,15,19H,3-5H2,(H2,18,21);1-2,6-10,15,18H,3-5H2,(H,20,21);1-3,5,7,9-10,14,18H,4,6,8H2;6-7,10,15,18H,1-5,8-9H2. The van der Waals surface area contributed by atoms with E-state index in [1.165, 1.54) is 194 Å². The number of hydrogen-bond donors (Lipinski definition) is 7. The summed E-state index contributed by atoms with van der Waals surface area (Å²) in [7, 11) is 3.62. The number of para-hydroxylation sites is 1. The molecule has 21 heteroatoms. The predicted octanol–water partition coefficient (Wildman–Crippen LogP) is 24.0. The molecule has 1 saturated heterocycles. The number of amides is 1. The molecule has 7 aliphatic rings. The van der Waals surface area contributed by atoms with E-state index in [0.29, 0.717) is 52.9 Å². The number of hydrogen-bond acceptors (Lipinski definition) is 5. The first-order chi connectivity index (χ1) is 59.7. The normalized spacial score (nSPS) is 18.9. The summed E-state index contributed by atoms with van der Waals surface area (Å²) in [5.41, 5.74) is 30.8. The van der Waals surface area contributed by atoms with Gasteiger partial charge in [-0.2, -0.15) is 0 Å². The van der Waals surface area contributed by atoms with Crippen molar-refractivity contribution in [2.75, 3.05) is 20.2 Å². The van der Waals surface area contributed by atoms with Crippen molar-refractivity contribution >= 4 is 131 Å². The van der Waals surface area contributed by atoms with Crippen LogP contribution in [0.3, 0.4) is 0 Å². The van der Waals surface area contributed by atoms with Gasteiger partial charge in [-0.25, -0.2) is 9.59 Å². The number of aromatic amines is 5. The minimum absolute atomic E-state index is 0.283. The predicted molar refractivity (Wildman–Crippen MR) is 498 cm³/mol. The number of esters is 1. The molecular formula is C101H102Br3N13O5. The second-order valence-corrected chi connectivity index (χ2v) is 36.5. The van der Waals surface area contributed by atoms with Crippen LogP contribution in [0.2, 0.25) is 0 Å². The van der Waals surface area contributed by atoms with Crippen LogP contribution in [-0.2, 0) is 50.3 Å². The molecule has 0 saturated carbocycles. The summed E-state index contributed by atoms with van der Waals surface area (Å²) < 4.78 is 22.1. The second kappa shape index (κ2) is 34.9. The molecule has 0 radical (unpaired) electrons. The van der Waals surface area contributed by atoms with Crippen molar-refractivity contribution in [2.45, 2.75) is 165 Å². The van der Waals surface area contributed by atoms with Crippen LogP contribution in [0.25, 0.3) is 65.4 Å². The maximum Gasteiger partial charge on any atom is 0.337 e. The Labute approximate surface area is 734 Å². The number of carbonyl (C=O) groups is 3. The molecule has 1 aliphatic heterocycles. The van der Waals surface area contributed by atoms with Gasteiger partial charge < -0.3 is 67.9 Å². The van der Waals surface area contributed by atoms with Crippen LogP contribution in [-0.4, -0.2) is 100 Å². The molecule has 18 nitrogen and oxygen atoms in total. The van der Waals surface area contributed by atoms with Gasteiger partial charge in [-0.15, -0.1) is 0 Å². The number of H-pyrrole nitrogens is 5. The molecule has 6 atom stereocenters. The van der Waals surface area contributed by atoms with E-state index in [-0.39, 0.29) is 11.9 Å². The van der Waals surface area contributed by atoms with Crippen LogP contribution in [0.1, 0.15) is 225 Å². The average molecular weight is 1820 g/mol. The largest absolute Gasteiger partial charge is 0.478 e. The molecule has 17 aromatic rings. The van der Waals surface area contributed by atoms with Crippen LogP contribution in [0.15, 0.2) is 245 Å². The number of methoxy groups -OCH3 is 1. The van der Waals surface area contributed by atoms with Gasteiger partial charge in [-0.05, 0) is 349 Å². The fraction of sp³-hybridized carbons (Fsp3) is 0.297. The minimum Gasteiger partial charge on any atom is -0.478 e. The van der Waals surface area contributed by atoms with E-state index in [2.05, 4.69) is 277 Å². The highest BCUT2D eigenvalue weighted by Crippen LogP contribution is 2.46. The summed E-state index contributed by atoms with van der Waals surface area (Å²) in [5, 5.41) is 16.7. The molecule has 1 amide bonds. The van der Waals surface area contributed by atoms with Gasteiger partial charge in [0.1, 0.15) is 0 Å². The molecule has 6 unspecified atom stereocenters. The van der Waals surface area contributed by atoms with Gasteiger partial charge in [0, 0.05) is 182 Å². The number of fused-ring (bicyclic) bond motifs is 18. The van der Waals surface area contributed by atoms with Crippen molar-refractivity contribution in [1.29, 1.82) is 0 Å². The van der Waals surface area contributed by atoms with Gasteiger partial charge in [0.05, 0.1) is 60.0 Å². The van der Waals surface area contributed by atoms with Gasteiger partial charge in [0.15, 0.2) is 0 Å². The average Bonchev–Trinajstić information content (AvgIpc) is 1.62. The van der Waals surface area contributed by atoms with Gasteiger partial charge in [0.25, 0.3) is 0 Å². The van der Waals surface area contributed by atoms with E-state index in [0.717, 1.165) is 95.0 Å². The molecule has 6 aromatic carbocycles. The van der Waals surface area contributed by atoms with Crippen molar-refractivity contribution in [3.8, 4) is 0 Å². The van der Waals surface area contributed by atoms with E-state index >= 15 is 0 Å². The number of likely N-dealkylation sites (tertiary alicyclic amines) is 1. The van der Waals surface area contributed by atoms with E-state index in [4.69, 9.17) is 10.5 Å². The lowest BCUT2D eigenvalue weighted by Crippen LogP contribution is -2.28. The minimum atomic E-state index is -0.871. The number of carboxylic acid groups (broad SMARTS) is 1. The number of nitrogens with one attached hydrogen (secondary N) is 5. The second-order valence-electron chi connectivity index (χ2n) is 33.8. The lowest BCUT2D eigenvalue weighted by Gasteiger charge is -2.31. The molecule has 1 fully saturated rings.